The van der Waals surface area contributed by atoms with E-state index < -0.39 is 0 Å². The van der Waals surface area contributed by atoms with Gasteiger partial charge >= 0.3 is 0 Å². The second kappa shape index (κ2) is 16.8. The summed E-state index contributed by atoms with van der Waals surface area (Å²) in [5.41, 5.74) is 13.6. The first-order valence-corrected chi connectivity index (χ1v) is 17.0. The van der Waals surface area contributed by atoms with E-state index in [4.69, 9.17) is 5.26 Å². The van der Waals surface area contributed by atoms with E-state index in [-0.39, 0.29) is 0 Å². The molecule has 0 aliphatic carbocycles. The molecule has 0 fully saturated rings. The lowest BCUT2D eigenvalue weighted by Gasteiger charge is -2.05. The van der Waals surface area contributed by atoms with Crippen molar-refractivity contribution in [2.75, 3.05) is 0 Å². The molecule has 0 saturated carbocycles. The maximum absolute atomic E-state index is 8.86. The molecule has 0 spiro atoms. The van der Waals surface area contributed by atoms with E-state index in [2.05, 4.69) is 66.3 Å². The third-order valence-electron chi connectivity index (χ3n) is 7.87. The van der Waals surface area contributed by atoms with E-state index >= 15 is 0 Å². The zero-order valence-electron chi connectivity index (χ0n) is 30.7. The fourth-order valence-electron chi connectivity index (χ4n) is 5.38. The van der Waals surface area contributed by atoms with Gasteiger partial charge in [0.2, 0.25) is 0 Å². The highest BCUT2D eigenvalue weighted by atomic mass is 15.2. The van der Waals surface area contributed by atoms with Crippen LogP contribution in [0.1, 0.15) is 39.1 Å². The van der Waals surface area contributed by atoms with Crippen molar-refractivity contribution in [3.63, 3.8) is 0 Å². The predicted octanol–water partition coefficient (Wildman–Crippen LogP) is 7.72. The summed E-state index contributed by atoms with van der Waals surface area (Å²) < 4.78 is 0. The maximum Gasteiger partial charge on any atom is 0.174 e. The molecule has 0 radical (unpaired) electrons. The Balaban J connectivity index is 0.000000139. The van der Waals surface area contributed by atoms with Crippen LogP contribution in [0.25, 0.3) is 57.2 Å². The molecule has 8 rings (SSSR count). The summed E-state index contributed by atoms with van der Waals surface area (Å²) in [4.78, 5) is 34.7. The first kappa shape index (κ1) is 36.5. The minimum absolute atomic E-state index is 0.429. The fourth-order valence-corrected chi connectivity index (χ4v) is 5.38. The van der Waals surface area contributed by atoms with Gasteiger partial charge in [-0.2, -0.15) is 15.5 Å². The fraction of sp³-hybridized carbons (Fsp3) is 0.146. The molecule has 266 valence electrons. The van der Waals surface area contributed by atoms with Gasteiger partial charge in [0.1, 0.15) is 35.8 Å². The van der Waals surface area contributed by atoms with Gasteiger partial charge in [-0.25, -0.2) is 24.9 Å². The third kappa shape index (κ3) is 9.51. The number of hydrogen-bond acceptors (Lipinski definition) is 11. The smallest absolute Gasteiger partial charge is 0.174 e. The second-order valence-electron chi connectivity index (χ2n) is 12.7. The maximum atomic E-state index is 8.86. The standard InChI is InChI=1S/2C14H13N5.C13H11N3/c2*1-9-3-4-15-11(5-9)12-6-10(2)7-13(18-12)14-16-8-17-19-14;1-9-3-4-15-12(6-9)13-7-10(2)5-11(8-14)16-13/h2*3-8H,1-2H3,(H,16,17,19);3-7H,1-2H3. The van der Waals surface area contributed by atoms with Crippen molar-refractivity contribution in [1.29, 1.82) is 5.26 Å². The molecular formula is C41H37N13. The summed E-state index contributed by atoms with van der Waals surface area (Å²) in [5, 5.41) is 22.2. The van der Waals surface area contributed by atoms with Crippen LogP contribution < -0.4 is 0 Å². The summed E-state index contributed by atoms with van der Waals surface area (Å²) in [6.07, 6.45) is 8.29. The molecule has 0 atom stereocenters. The summed E-state index contributed by atoms with van der Waals surface area (Å²) >= 11 is 0. The Bertz CT molecular complexity index is 2410. The summed E-state index contributed by atoms with van der Waals surface area (Å²) in [5.74, 6) is 1.33. The zero-order valence-corrected chi connectivity index (χ0v) is 30.7. The average molecular weight is 712 g/mol. The third-order valence-corrected chi connectivity index (χ3v) is 7.87. The number of nitriles is 1. The number of nitrogens with zero attached hydrogens (tertiary/aromatic N) is 11. The largest absolute Gasteiger partial charge is 0.258 e. The van der Waals surface area contributed by atoms with Crippen LogP contribution in [0.5, 0.6) is 0 Å². The van der Waals surface area contributed by atoms with Gasteiger partial charge in [0, 0.05) is 18.6 Å². The Labute approximate surface area is 312 Å². The van der Waals surface area contributed by atoms with E-state index in [1.54, 1.807) is 24.7 Å². The molecule has 2 N–H and O–H groups in total. The predicted molar refractivity (Wildman–Crippen MR) is 206 cm³/mol. The lowest BCUT2D eigenvalue weighted by atomic mass is 10.1. The molecule has 13 nitrogen and oxygen atoms in total. The monoisotopic (exact) mass is 711 g/mol. The molecule has 8 aromatic rings. The summed E-state index contributed by atoms with van der Waals surface area (Å²) in [7, 11) is 0. The Morgan fingerprint density at radius 1 is 0.407 bits per heavy atom. The molecule has 0 aliphatic heterocycles. The van der Waals surface area contributed by atoms with Gasteiger partial charge in [0.15, 0.2) is 11.6 Å². The van der Waals surface area contributed by atoms with Gasteiger partial charge in [-0.15, -0.1) is 0 Å². The van der Waals surface area contributed by atoms with E-state index in [1.807, 2.05) is 108 Å². The highest BCUT2D eigenvalue weighted by Crippen LogP contribution is 2.23. The van der Waals surface area contributed by atoms with E-state index in [0.717, 1.165) is 78.9 Å². The summed E-state index contributed by atoms with van der Waals surface area (Å²) in [6, 6.07) is 25.6. The van der Waals surface area contributed by atoms with Crippen molar-refractivity contribution in [3.05, 3.63) is 143 Å². The molecule has 0 saturated heterocycles. The van der Waals surface area contributed by atoms with Gasteiger partial charge in [-0.1, -0.05) is 0 Å². The first-order chi connectivity index (χ1) is 26.1. The van der Waals surface area contributed by atoms with Crippen molar-refractivity contribution in [3.8, 4) is 63.3 Å². The van der Waals surface area contributed by atoms with Crippen LogP contribution in [-0.2, 0) is 0 Å². The van der Waals surface area contributed by atoms with Gasteiger partial charge < -0.3 is 0 Å². The highest BCUT2D eigenvalue weighted by molar-refractivity contribution is 5.63. The molecule has 0 amide bonds. The second-order valence-corrected chi connectivity index (χ2v) is 12.7. The van der Waals surface area contributed by atoms with Crippen LogP contribution >= 0.6 is 0 Å². The van der Waals surface area contributed by atoms with E-state index in [9.17, 15) is 0 Å². The number of rotatable bonds is 5. The van der Waals surface area contributed by atoms with Gasteiger partial charge in [0.05, 0.1) is 34.2 Å². The Morgan fingerprint density at radius 3 is 1.11 bits per heavy atom. The highest BCUT2D eigenvalue weighted by Gasteiger charge is 2.10. The van der Waals surface area contributed by atoms with Crippen molar-refractivity contribution in [2.24, 2.45) is 0 Å². The van der Waals surface area contributed by atoms with Crippen molar-refractivity contribution >= 4 is 0 Å². The molecular weight excluding hydrogens is 675 g/mol. The van der Waals surface area contributed by atoms with E-state index in [1.165, 1.54) is 12.7 Å². The molecule has 0 bridgehead atoms. The van der Waals surface area contributed by atoms with Gasteiger partial charge in [-0.3, -0.25) is 25.1 Å². The number of nitrogens with one attached hydrogen (secondary N) is 2. The SMILES string of the molecule is Cc1ccnc(-c2cc(C)cc(-c3ncn[nH]3)n2)c1.Cc1ccnc(-c2cc(C)cc(-c3ncn[nH]3)n2)c1.Cc1ccnc(-c2cc(C)cc(C#N)n2)c1. The van der Waals surface area contributed by atoms with Crippen LogP contribution in [0.4, 0.5) is 0 Å². The Kier molecular flexibility index (Phi) is 11.3. The van der Waals surface area contributed by atoms with Gasteiger partial charge in [-0.05, 0) is 148 Å². The quantitative estimate of drug-likeness (QED) is 0.178. The van der Waals surface area contributed by atoms with E-state index in [0.29, 0.717) is 17.3 Å². The lowest BCUT2D eigenvalue weighted by Crippen LogP contribution is -1.93. The molecule has 13 heteroatoms. The number of aryl methyl sites for hydroxylation is 6. The molecule has 0 aliphatic rings. The molecule has 8 heterocycles. The molecule has 0 aromatic carbocycles. The Hall–Kier alpha value is -7.33. The number of hydrogen-bond donors (Lipinski definition) is 2. The van der Waals surface area contributed by atoms with Crippen LogP contribution in [0.3, 0.4) is 0 Å². The van der Waals surface area contributed by atoms with Crippen LogP contribution in [-0.4, -0.2) is 60.3 Å². The van der Waals surface area contributed by atoms with Crippen molar-refractivity contribution in [1.82, 2.24) is 60.3 Å². The topological polar surface area (TPSA) is 184 Å². The average Bonchev–Trinajstić information content (AvgIpc) is 3.91. The number of pyridine rings is 6. The lowest BCUT2D eigenvalue weighted by molar-refractivity contribution is 1.08. The van der Waals surface area contributed by atoms with Crippen LogP contribution in [0.15, 0.2) is 104 Å². The molecule has 8 aromatic heterocycles. The van der Waals surface area contributed by atoms with Gasteiger partial charge in [0.25, 0.3) is 0 Å². The number of aromatic nitrogens is 12. The minimum atomic E-state index is 0.429. The first-order valence-electron chi connectivity index (χ1n) is 17.0. The van der Waals surface area contributed by atoms with Crippen molar-refractivity contribution < 1.29 is 0 Å². The molecule has 0 unspecified atom stereocenters. The summed E-state index contributed by atoms with van der Waals surface area (Å²) in [6.45, 7) is 12.1. The van der Waals surface area contributed by atoms with Crippen LogP contribution in [0, 0.1) is 52.9 Å². The number of aromatic amines is 2. The van der Waals surface area contributed by atoms with Crippen LogP contribution in [0.2, 0.25) is 0 Å². The number of H-pyrrole nitrogens is 2. The zero-order chi connectivity index (χ0) is 38.0. The van der Waals surface area contributed by atoms with Crippen molar-refractivity contribution in [2.45, 2.75) is 41.5 Å². The minimum Gasteiger partial charge on any atom is -0.258 e. The Morgan fingerprint density at radius 2 is 0.759 bits per heavy atom. The normalized spacial score (nSPS) is 10.4. The molecule has 54 heavy (non-hydrogen) atoms.